The second kappa shape index (κ2) is 12.7. The summed E-state index contributed by atoms with van der Waals surface area (Å²) in [7, 11) is -3.81. The van der Waals surface area contributed by atoms with E-state index in [-0.39, 0.29) is 19.0 Å². The van der Waals surface area contributed by atoms with Crippen molar-refractivity contribution < 1.29 is 27.9 Å². The van der Waals surface area contributed by atoms with E-state index in [2.05, 4.69) is 13.8 Å². The Kier molecular flexibility index (Phi) is 9.97. The van der Waals surface area contributed by atoms with Gasteiger partial charge in [0, 0.05) is 12.3 Å². The first-order valence-electron chi connectivity index (χ1n) is 12.8. The monoisotopic (exact) mass is 502 g/mol. The van der Waals surface area contributed by atoms with Crippen LogP contribution < -0.4 is 9.47 Å². The third-order valence-corrected chi connectivity index (χ3v) is 9.29. The van der Waals surface area contributed by atoms with Gasteiger partial charge in [-0.05, 0) is 74.9 Å². The van der Waals surface area contributed by atoms with E-state index >= 15 is 0 Å². The molecule has 0 unspecified atom stereocenters. The standard InChI is InChI=1S/C28H39O6P/c1-5-20-31-24-15-11-22(12-16-24)27(23-13-17-25(18-14-23)32-21-6-2)28(19-9-10-26(28)29)35(30,33-7-3)34-8-4/h11-18,27H,5-10,19-21H2,1-4H3/t28-/m1/s1. The highest BCUT2D eigenvalue weighted by Gasteiger charge is 2.63. The zero-order valence-electron chi connectivity index (χ0n) is 21.5. The fourth-order valence-electron chi connectivity index (χ4n) is 4.93. The maximum atomic E-state index is 14.4. The first kappa shape index (κ1) is 27.4. The van der Waals surface area contributed by atoms with E-state index in [9.17, 15) is 9.36 Å². The first-order chi connectivity index (χ1) is 17.0. The molecular weight excluding hydrogens is 463 g/mol. The Morgan fingerprint density at radius 3 is 1.60 bits per heavy atom. The van der Waals surface area contributed by atoms with Gasteiger partial charge in [-0.15, -0.1) is 0 Å². The molecule has 2 aromatic rings. The molecule has 1 fully saturated rings. The Bertz CT molecular complexity index is 926. The van der Waals surface area contributed by atoms with Crippen molar-refractivity contribution in [3.63, 3.8) is 0 Å². The number of hydrogen-bond acceptors (Lipinski definition) is 6. The molecule has 1 atom stereocenters. The number of carbonyl (C=O) groups excluding carboxylic acids is 1. The molecule has 192 valence electrons. The minimum atomic E-state index is -3.81. The molecule has 2 aromatic carbocycles. The lowest BCUT2D eigenvalue weighted by Crippen LogP contribution is -2.42. The number of benzene rings is 2. The van der Waals surface area contributed by atoms with Crippen molar-refractivity contribution >= 4 is 13.4 Å². The van der Waals surface area contributed by atoms with Gasteiger partial charge in [0.2, 0.25) is 0 Å². The van der Waals surface area contributed by atoms with Crippen LogP contribution in [0.1, 0.15) is 76.8 Å². The highest BCUT2D eigenvalue weighted by atomic mass is 31.2. The van der Waals surface area contributed by atoms with Gasteiger partial charge in [0.25, 0.3) is 0 Å². The van der Waals surface area contributed by atoms with Crippen LogP contribution in [0.15, 0.2) is 48.5 Å². The largest absolute Gasteiger partial charge is 0.494 e. The van der Waals surface area contributed by atoms with Gasteiger partial charge in [-0.25, -0.2) is 0 Å². The lowest BCUT2D eigenvalue weighted by molar-refractivity contribution is -0.120. The van der Waals surface area contributed by atoms with E-state index in [0.29, 0.717) is 32.5 Å². The summed E-state index contributed by atoms with van der Waals surface area (Å²) >= 11 is 0. The molecule has 0 amide bonds. The lowest BCUT2D eigenvalue weighted by Gasteiger charge is -2.41. The van der Waals surface area contributed by atoms with Gasteiger partial charge in [0.05, 0.1) is 26.4 Å². The minimum Gasteiger partial charge on any atom is -0.494 e. The summed E-state index contributed by atoms with van der Waals surface area (Å²) in [5.74, 6) is 0.969. The number of ketones is 1. The third kappa shape index (κ3) is 5.82. The smallest absolute Gasteiger partial charge is 0.345 e. The van der Waals surface area contributed by atoms with Gasteiger partial charge in [0.15, 0.2) is 5.78 Å². The molecule has 6 nitrogen and oxygen atoms in total. The molecule has 1 saturated carbocycles. The average Bonchev–Trinajstić information content (AvgIpc) is 3.25. The molecule has 0 radical (unpaired) electrons. The van der Waals surface area contributed by atoms with Crippen molar-refractivity contribution in [2.75, 3.05) is 26.4 Å². The topological polar surface area (TPSA) is 71.1 Å². The zero-order valence-corrected chi connectivity index (χ0v) is 22.4. The maximum Gasteiger partial charge on any atom is 0.345 e. The number of Topliss-reactive ketones (excluding diaryl/α,β-unsaturated/α-hetero) is 1. The Balaban J connectivity index is 2.16. The molecule has 0 aliphatic heterocycles. The van der Waals surface area contributed by atoms with Crippen molar-refractivity contribution in [2.45, 2.75) is 70.9 Å². The van der Waals surface area contributed by atoms with Crippen LogP contribution in [0.5, 0.6) is 11.5 Å². The van der Waals surface area contributed by atoms with Crippen LogP contribution >= 0.6 is 7.60 Å². The van der Waals surface area contributed by atoms with Crippen LogP contribution in [0.25, 0.3) is 0 Å². The van der Waals surface area contributed by atoms with Gasteiger partial charge in [0.1, 0.15) is 16.7 Å². The number of carbonyl (C=O) groups is 1. The van der Waals surface area contributed by atoms with E-state index in [4.69, 9.17) is 18.5 Å². The van der Waals surface area contributed by atoms with Gasteiger partial charge in [-0.2, -0.15) is 0 Å². The lowest BCUT2D eigenvalue weighted by atomic mass is 9.78. The SMILES string of the molecule is CCCOc1ccc(C(c2ccc(OCCC)cc2)[C@@]2(P(=O)(OCC)OCC)CCCC2=O)cc1. The van der Waals surface area contributed by atoms with Crippen molar-refractivity contribution in [1.29, 1.82) is 0 Å². The Labute approximate surface area is 209 Å². The molecule has 1 aliphatic carbocycles. The third-order valence-electron chi connectivity index (χ3n) is 6.38. The minimum absolute atomic E-state index is 0.0645. The van der Waals surface area contributed by atoms with Gasteiger partial charge in [-0.1, -0.05) is 38.1 Å². The number of rotatable bonds is 14. The predicted octanol–water partition coefficient (Wildman–Crippen LogP) is 7.15. The molecule has 0 spiro atoms. The molecule has 7 heteroatoms. The first-order valence-corrected chi connectivity index (χ1v) is 14.4. The van der Waals surface area contributed by atoms with E-state index < -0.39 is 18.7 Å². The van der Waals surface area contributed by atoms with E-state index in [1.807, 2.05) is 48.5 Å². The average molecular weight is 503 g/mol. The summed E-state index contributed by atoms with van der Waals surface area (Å²) in [4.78, 5) is 13.7. The molecule has 3 rings (SSSR count). The van der Waals surface area contributed by atoms with E-state index in [0.717, 1.165) is 35.5 Å². The fraction of sp³-hybridized carbons (Fsp3) is 0.536. The summed E-state index contributed by atoms with van der Waals surface area (Å²) in [6.07, 6.45) is 3.28. The molecular formula is C28H39O6P. The summed E-state index contributed by atoms with van der Waals surface area (Å²) < 4.78 is 37.7. The summed E-state index contributed by atoms with van der Waals surface area (Å²) in [5, 5.41) is -1.30. The van der Waals surface area contributed by atoms with E-state index in [1.54, 1.807) is 13.8 Å². The highest BCUT2D eigenvalue weighted by Crippen LogP contribution is 2.70. The molecule has 0 heterocycles. The Morgan fingerprint density at radius 1 is 0.800 bits per heavy atom. The highest BCUT2D eigenvalue weighted by molar-refractivity contribution is 7.57. The predicted molar refractivity (Wildman–Crippen MR) is 139 cm³/mol. The van der Waals surface area contributed by atoms with Crippen molar-refractivity contribution in [2.24, 2.45) is 0 Å². The van der Waals surface area contributed by atoms with Crippen LogP contribution in [0.2, 0.25) is 0 Å². The van der Waals surface area contributed by atoms with Crippen molar-refractivity contribution in [3.05, 3.63) is 59.7 Å². The van der Waals surface area contributed by atoms with Crippen LogP contribution in [0.3, 0.4) is 0 Å². The summed E-state index contributed by atoms with van der Waals surface area (Å²) in [6.45, 7) is 9.36. The van der Waals surface area contributed by atoms with Gasteiger partial charge < -0.3 is 18.5 Å². The van der Waals surface area contributed by atoms with Crippen LogP contribution in [0.4, 0.5) is 0 Å². The second-order valence-electron chi connectivity index (χ2n) is 8.80. The normalized spacial score (nSPS) is 18.3. The molecule has 0 N–H and O–H groups in total. The van der Waals surface area contributed by atoms with Crippen LogP contribution in [-0.2, 0) is 18.4 Å². The summed E-state index contributed by atoms with van der Waals surface area (Å²) in [6, 6.07) is 15.5. The quantitative estimate of drug-likeness (QED) is 0.255. The van der Waals surface area contributed by atoms with Crippen LogP contribution in [0, 0.1) is 0 Å². The molecule has 0 bridgehead atoms. The molecule has 0 saturated heterocycles. The maximum absolute atomic E-state index is 14.4. The van der Waals surface area contributed by atoms with Crippen LogP contribution in [-0.4, -0.2) is 37.4 Å². The fourth-order valence-corrected chi connectivity index (χ4v) is 7.61. The molecule has 35 heavy (non-hydrogen) atoms. The van der Waals surface area contributed by atoms with Gasteiger partial charge in [-0.3, -0.25) is 9.36 Å². The molecule has 0 aromatic heterocycles. The molecule has 1 aliphatic rings. The number of ether oxygens (including phenoxy) is 2. The van der Waals surface area contributed by atoms with Crippen molar-refractivity contribution in [1.82, 2.24) is 0 Å². The zero-order chi connectivity index (χ0) is 25.3. The van der Waals surface area contributed by atoms with Crippen molar-refractivity contribution in [3.8, 4) is 11.5 Å². The van der Waals surface area contributed by atoms with E-state index in [1.165, 1.54) is 0 Å². The Hall–Kier alpha value is -2.14. The Morgan fingerprint density at radius 2 is 1.26 bits per heavy atom. The second-order valence-corrected chi connectivity index (χ2v) is 11.1. The number of hydrogen-bond donors (Lipinski definition) is 0. The van der Waals surface area contributed by atoms with Gasteiger partial charge >= 0.3 is 7.60 Å². The summed E-state index contributed by atoms with van der Waals surface area (Å²) in [5.41, 5.74) is 1.76.